The van der Waals surface area contributed by atoms with E-state index in [1.807, 2.05) is 6.92 Å². The maximum atomic E-state index is 12.7. The quantitative estimate of drug-likeness (QED) is 0.479. The van der Waals surface area contributed by atoms with Gasteiger partial charge in [0.2, 0.25) is 10.0 Å². The van der Waals surface area contributed by atoms with Gasteiger partial charge in [-0.25, -0.2) is 8.42 Å². The summed E-state index contributed by atoms with van der Waals surface area (Å²) in [5.41, 5.74) is 9.59. The molecule has 0 radical (unpaired) electrons. The highest BCUT2D eigenvalue weighted by molar-refractivity contribution is 7.89. The number of azide groups is 1. The highest BCUT2D eigenvalue weighted by atomic mass is 32.2. The van der Waals surface area contributed by atoms with Gasteiger partial charge in [-0.3, -0.25) is 4.68 Å². The Morgan fingerprint density at radius 3 is 2.75 bits per heavy atom. The Morgan fingerprint density at radius 1 is 1.50 bits per heavy atom. The van der Waals surface area contributed by atoms with Crippen LogP contribution in [0.25, 0.3) is 10.4 Å². The summed E-state index contributed by atoms with van der Waals surface area (Å²) in [6.07, 6.45) is 0.559. The Morgan fingerprint density at radius 2 is 2.20 bits per heavy atom. The van der Waals surface area contributed by atoms with Crippen LogP contribution in [-0.2, 0) is 16.6 Å². The van der Waals surface area contributed by atoms with E-state index in [-0.39, 0.29) is 17.5 Å². The lowest BCUT2D eigenvalue weighted by atomic mass is 10.3. The summed E-state index contributed by atoms with van der Waals surface area (Å²) in [5, 5.41) is 7.85. The smallest absolute Gasteiger partial charge is 0.246 e. The van der Waals surface area contributed by atoms with Gasteiger partial charge in [0, 0.05) is 24.5 Å². The van der Waals surface area contributed by atoms with Crippen molar-refractivity contribution in [3.63, 3.8) is 0 Å². The van der Waals surface area contributed by atoms with E-state index in [4.69, 9.17) is 5.53 Å². The van der Waals surface area contributed by atoms with E-state index in [0.717, 1.165) is 0 Å². The van der Waals surface area contributed by atoms with Crippen molar-refractivity contribution >= 4 is 10.0 Å². The van der Waals surface area contributed by atoms with Gasteiger partial charge < -0.3 is 0 Å². The fourth-order valence-electron chi connectivity index (χ4n) is 2.59. The summed E-state index contributed by atoms with van der Waals surface area (Å²) in [7, 11) is -3.57. The van der Waals surface area contributed by atoms with Crippen molar-refractivity contribution in [1.29, 1.82) is 0 Å². The maximum absolute atomic E-state index is 12.7. The molecular weight excluding hydrogens is 280 g/mol. The van der Waals surface area contributed by atoms with Crippen LogP contribution in [0.4, 0.5) is 0 Å². The third-order valence-corrected chi connectivity index (χ3v) is 5.67. The zero-order valence-corrected chi connectivity index (χ0v) is 12.6. The van der Waals surface area contributed by atoms with E-state index in [9.17, 15) is 8.42 Å². The Labute approximate surface area is 118 Å². The van der Waals surface area contributed by atoms with Crippen molar-refractivity contribution in [3.05, 3.63) is 21.8 Å². The molecule has 1 saturated heterocycles. The van der Waals surface area contributed by atoms with Crippen LogP contribution in [0.3, 0.4) is 0 Å². The first-order valence-corrected chi connectivity index (χ1v) is 7.94. The number of sulfonamides is 1. The molecule has 0 N–H and O–H groups in total. The van der Waals surface area contributed by atoms with Gasteiger partial charge in [-0.15, -0.1) is 0 Å². The third kappa shape index (κ3) is 2.39. The van der Waals surface area contributed by atoms with Gasteiger partial charge in [-0.2, -0.15) is 9.40 Å². The largest absolute Gasteiger partial charge is 0.268 e. The summed E-state index contributed by atoms with van der Waals surface area (Å²) in [6, 6.07) is -0.281. The van der Waals surface area contributed by atoms with E-state index < -0.39 is 10.0 Å². The average Bonchev–Trinajstić information content (AvgIpc) is 2.95. The fraction of sp³-hybridized carbons (Fsp3) is 0.727. The predicted octanol–water partition coefficient (Wildman–Crippen LogP) is 1.59. The SMILES string of the molecule is CCn1nc(C)c(S(=O)(=O)N2CCC(N=[N+]=[N-])C2)c1C. The summed E-state index contributed by atoms with van der Waals surface area (Å²) in [6.45, 7) is 6.63. The van der Waals surface area contributed by atoms with Gasteiger partial charge in [-0.05, 0) is 32.7 Å². The molecule has 1 unspecified atom stereocenters. The van der Waals surface area contributed by atoms with Crippen LogP contribution >= 0.6 is 0 Å². The number of aromatic nitrogens is 2. The summed E-state index contributed by atoms with van der Waals surface area (Å²) < 4.78 is 28.4. The van der Waals surface area contributed by atoms with Crippen LogP contribution in [0.15, 0.2) is 10.0 Å². The number of hydrogen-bond acceptors (Lipinski definition) is 4. The van der Waals surface area contributed by atoms with E-state index >= 15 is 0 Å². The Bertz CT molecular complexity index is 659. The second-order valence-corrected chi connectivity index (χ2v) is 6.70. The van der Waals surface area contributed by atoms with Gasteiger partial charge in [0.05, 0.1) is 17.4 Å². The van der Waals surface area contributed by atoms with Crippen molar-refractivity contribution in [2.75, 3.05) is 13.1 Å². The van der Waals surface area contributed by atoms with Gasteiger partial charge in [0.15, 0.2) is 0 Å². The van der Waals surface area contributed by atoms with Gasteiger partial charge >= 0.3 is 0 Å². The van der Waals surface area contributed by atoms with E-state index in [2.05, 4.69) is 15.1 Å². The van der Waals surface area contributed by atoms with Crippen LogP contribution in [-0.4, -0.2) is 41.6 Å². The topological polar surface area (TPSA) is 104 Å². The van der Waals surface area contributed by atoms with Crippen LogP contribution in [0.2, 0.25) is 0 Å². The van der Waals surface area contributed by atoms with E-state index in [0.29, 0.717) is 30.9 Å². The molecule has 1 atom stereocenters. The molecular formula is C11H18N6O2S. The number of nitrogens with zero attached hydrogens (tertiary/aromatic N) is 6. The van der Waals surface area contributed by atoms with Crippen LogP contribution in [0.1, 0.15) is 24.7 Å². The lowest BCUT2D eigenvalue weighted by Crippen LogP contribution is -2.30. The molecule has 1 aliphatic heterocycles. The standard InChI is InChI=1S/C11H18N6O2S/c1-4-17-9(3)11(8(2)14-17)20(18,19)16-6-5-10(7-16)13-15-12/h10H,4-7H2,1-3H3. The van der Waals surface area contributed by atoms with Gasteiger partial charge in [0.1, 0.15) is 4.90 Å². The molecule has 2 rings (SSSR count). The zero-order chi connectivity index (χ0) is 14.9. The third-order valence-electron chi connectivity index (χ3n) is 3.55. The monoisotopic (exact) mass is 298 g/mol. The van der Waals surface area contributed by atoms with Crippen molar-refractivity contribution < 1.29 is 8.42 Å². The summed E-state index contributed by atoms with van der Waals surface area (Å²) >= 11 is 0. The van der Waals surface area contributed by atoms with Crippen LogP contribution in [0.5, 0.6) is 0 Å². The molecule has 2 heterocycles. The number of hydrogen-bond donors (Lipinski definition) is 0. The minimum Gasteiger partial charge on any atom is -0.268 e. The van der Waals surface area contributed by atoms with Crippen LogP contribution < -0.4 is 0 Å². The van der Waals surface area contributed by atoms with Gasteiger partial charge in [-0.1, -0.05) is 5.11 Å². The van der Waals surface area contributed by atoms with E-state index in [1.54, 1.807) is 18.5 Å². The Kier molecular flexibility index (Phi) is 4.03. The van der Waals surface area contributed by atoms with Gasteiger partial charge in [0.25, 0.3) is 0 Å². The minimum absolute atomic E-state index is 0.239. The molecule has 20 heavy (non-hydrogen) atoms. The molecule has 0 aromatic carbocycles. The second kappa shape index (κ2) is 5.43. The Hall–Kier alpha value is -1.57. The highest BCUT2D eigenvalue weighted by Gasteiger charge is 2.35. The molecule has 110 valence electrons. The molecule has 9 heteroatoms. The molecule has 8 nitrogen and oxygen atoms in total. The minimum atomic E-state index is -3.57. The second-order valence-electron chi connectivity index (χ2n) is 4.83. The van der Waals surface area contributed by atoms with Crippen molar-refractivity contribution in [3.8, 4) is 0 Å². The number of aryl methyl sites for hydroxylation is 2. The molecule has 1 aliphatic rings. The van der Waals surface area contributed by atoms with Crippen LogP contribution in [0, 0.1) is 13.8 Å². The maximum Gasteiger partial charge on any atom is 0.246 e. The highest BCUT2D eigenvalue weighted by Crippen LogP contribution is 2.27. The molecule has 0 amide bonds. The van der Waals surface area contributed by atoms with Crippen molar-refractivity contribution in [2.24, 2.45) is 5.11 Å². The normalized spacial score (nSPS) is 20.1. The van der Waals surface area contributed by atoms with Crippen molar-refractivity contribution in [1.82, 2.24) is 14.1 Å². The molecule has 0 saturated carbocycles. The first-order valence-electron chi connectivity index (χ1n) is 6.50. The lowest BCUT2D eigenvalue weighted by Gasteiger charge is -2.16. The summed E-state index contributed by atoms with van der Waals surface area (Å²) in [5.74, 6) is 0. The average molecular weight is 298 g/mol. The number of rotatable bonds is 4. The van der Waals surface area contributed by atoms with E-state index in [1.165, 1.54) is 4.31 Å². The molecule has 1 aromatic heterocycles. The first kappa shape index (κ1) is 14.8. The molecule has 0 bridgehead atoms. The molecule has 0 aliphatic carbocycles. The lowest BCUT2D eigenvalue weighted by molar-refractivity contribution is 0.471. The fourth-order valence-corrected chi connectivity index (χ4v) is 4.45. The molecule has 0 spiro atoms. The first-order chi connectivity index (χ1) is 9.41. The zero-order valence-electron chi connectivity index (χ0n) is 11.8. The predicted molar refractivity (Wildman–Crippen MR) is 73.7 cm³/mol. The Balaban J connectivity index is 2.37. The summed E-state index contributed by atoms with van der Waals surface area (Å²) in [4.78, 5) is 3.03. The van der Waals surface area contributed by atoms with Crippen molar-refractivity contribution in [2.45, 2.75) is 44.7 Å². The molecule has 1 fully saturated rings. The molecule has 1 aromatic rings.